The monoisotopic (exact) mass is 435 g/mol. The number of nitrogens with two attached hydrogens (primary N) is 1. The van der Waals surface area contributed by atoms with E-state index in [1.54, 1.807) is 6.07 Å². The summed E-state index contributed by atoms with van der Waals surface area (Å²) < 4.78 is 18.3. The van der Waals surface area contributed by atoms with Crippen molar-refractivity contribution in [3.8, 4) is 11.5 Å². The van der Waals surface area contributed by atoms with E-state index in [1.807, 2.05) is 27.7 Å². The van der Waals surface area contributed by atoms with Gasteiger partial charge < -0.3 is 24.9 Å². The molecule has 0 amide bonds. The van der Waals surface area contributed by atoms with Crippen molar-refractivity contribution < 1.29 is 19.2 Å². The standard InChI is InChI=1S/C14H20BBr2NO4/c1-13(2)14(3,4)22-15(21-13)12(18)7-6-8(20-5)11(19)10(17)9(7)16/h6,12,19H,18H2,1-5H3/t12-/m1/s1. The van der Waals surface area contributed by atoms with E-state index in [4.69, 9.17) is 19.8 Å². The second-order valence-electron chi connectivity index (χ2n) is 6.30. The number of phenolic OH excluding ortho intramolecular Hbond substituents is 1. The van der Waals surface area contributed by atoms with E-state index in [1.165, 1.54) is 7.11 Å². The maximum Gasteiger partial charge on any atom is 0.480 e. The first-order valence-corrected chi connectivity index (χ1v) is 8.46. The summed E-state index contributed by atoms with van der Waals surface area (Å²) in [5.74, 6) is -0.197. The number of rotatable bonds is 3. The number of phenols is 1. The second-order valence-corrected chi connectivity index (χ2v) is 7.88. The summed E-state index contributed by atoms with van der Waals surface area (Å²) >= 11 is 6.77. The van der Waals surface area contributed by atoms with E-state index in [9.17, 15) is 5.11 Å². The third-order valence-corrected chi connectivity index (χ3v) is 6.48. The number of ether oxygens (including phenoxy) is 1. The molecule has 8 heteroatoms. The van der Waals surface area contributed by atoms with E-state index in [0.717, 1.165) is 5.56 Å². The van der Waals surface area contributed by atoms with Crippen molar-refractivity contribution in [2.75, 3.05) is 7.11 Å². The highest BCUT2D eigenvalue weighted by Gasteiger charge is 2.53. The van der Waals surface area contributed by atoms with Gasteiger partial charge in [0.25, 0.3) is 0 Å². The summed E-state index contributed by atoms with van der Waals surface area (Å²) in [6, 6.07) is 1.68. The van der Waals surface area contributed by atoms with Gasteiger partial charge in [0.1, 0.15) is 0 Å². The van der Waals surface area contributed by atoms with Crippen LogP contribution in [0.15, 0.2) is 15.0 Å². The summed E-state index contributed by atoms with van der Waals surface area (Å²) in [6.45, 7) is 7.90. The van der Waals surface area contributed by atoms with E-state index >= 15 is 0 Å². The lowest BCUT2D eigenvalue weighted by atomic mass is 9.75. The molecule has 3 N–H and O–H groups in total. The Morgan fingerprint density at radius 2 is 1.68 bits per heavy atom. The van der Waals surface area contributed by atoms with Crippen LogP contribution in [0.25, 0.3) is 0 Å². The molecule has 0 aliphatic carbocycles. The highest BCUT2D eigenvalue weighted by molar-refractivity contribution is 9.13. The molecule has 0 bridgehead atoms. The van der Waals surface area contributed by atoms with E-state index in [-0.39, 0.29) is 5.75 Å². The SMILES string of the molecule is COc1cc([C@@H](N)B2OC(C)(C)C(C)(C)O2)c(Br)c(Br)c1O. The molecule has 22 heavy (non-hydrogen) atoms. The van der Waals surface area contributed by atoms with Gasteiger partial charge in [0.05, 0.1) is 28.7 Å². The van der Waals surface area contributed by atoms with Crippen molar-refractivity contribution >= 4 is 39.0 Å². The molecule has 1 aromatic rings. The average Bonchev–Trinajstić information content (AvgIpc) is 2.65. The van der Waals surface area contributed by atoms with Gasteiger partial charge in [-0.15, -0.1) is 0 Å². The van der Waals surface area contributed by atoms with Crippen LogP contribution in [0.5, 0.6) is 11.5 Å². The van der Waals surface area contributed by atoms with Crippen molar-refractivity contribution in [2.24, 2.45) is 5.73 Å². The van der Waals surface area contributed by atoms with Crippen LogP contribution in [0.4, 0.5) is 0 Å². The van der Waals surface area contributed by atoms with Gasteiger partial charge in [0.2, 0.25) is 0 Å². The van der Waals surface area contributed by atoms with Crippen molar-refractivity contribution in [2.45, 2.75) is 44.8 Å². The van der Waals surface area contributed by atoms with Crippen molar-refractivity contribution in [1.82, 2.24) is 0 Å². The van der Waals surface area contributed by atoms with Gasteiger partial charge in [0, 0.05) is 4.47 Å². The molecule has 1 aliphatic heterocycles. The summed E-state index contributed by atoms with van der Waals surface area (Å²) in [6.07, 6.45) is 0. The number of hydrogen-bond donors (Lipinski definition) is 2. The minimum atomic E-state index is -0.595. The molecule has 1 aromatic carbocycles. The van der Waals surface area contributed by atoms with Gasteiger partial charge >= 0.3 is 7.12 Å². The van der Waals surface area contributed by atoms with Gasteiger partial charge in [-0.05, 0) is 71.2 Å². The van der Waals surface area contributed by atoms with Gasteiger partial charge in [-0.2, -0.15) is 0 Å². The maximum absolute atomic E-state index is 10.0. The van der Waals surface area contributed by atoms with Gasteiger partial charge in [-0.25, -0.2) is 0 Å². The van der Waals surface area contributed by atoms with Gasteiger partial charge in [0.15, 0.2) is 11.5 Å². The lowest BCUT2D eigenvalue weighted by Crippen LogP contribution is -2.41. The minimum absolute atomic E-state index is 0.0132. The normalized spacial score (nSPS) is 21.0. The number of aromatic hydroxyl groups is 1. The van der Waals surface area contributed by atoms with E-state index < -0.39 is 24.3 Å². The highest BCUT2D eigenvalue weighted by atomic mass is 79.9. The van der Waals surface area contributed by atoms with Crippen LogP contribution in [0, 0.1) is 0 Å². The number of benzene rings is 1. The summed E-state index contributed by atoms with van der Waals surface area (Å²) in [5.41, 5.74) is 6.15. The fourth-order valence-corrected chi connectivity index (χ4v) is 3.18. The molecule has 0 unspecified atom stereocenters. The first-order valence-electron chi connectivity index (χ1n) is 6.88. The fraction of sp³-hybridized carbons (Fsp3) is 0.571. The molecular weight excluding hydrogens is 417 g/mol. The Bertz CT molecular complexity index is 579. The Morgan fingerprint density at radius 3 is 2.14 bits per heavy atom. The molecule has 1 saturated heterocycles. The lowest BCUT2D eigenvalue weighted by molar-refractivity contribution is 0.00578. The topological polar surface area (TPSA) is 73.9 Å². The molecule has 0 spiro atoms. The second kappa shape index (κ2) is 5.98. The minimum Gasteiger partial charge on any atom is -0.503 e. The zero-order chi connectivity index (χ0) is 16.9. The average molecular weight is 437 g/mol. The Balaban J connectivity index is 2.39. The molecule has 5 nitrogen and oxygen atoms in total. The Labute approximate surface area is 147 Å². The van der Waals surface area contributed by atoms with Crippen LogP contribution < -0.4 is 10.5 Å². The summed E-state index contributed by atoms with van der Waals surface area (Å²) in [5, 5.41) is 10.0. The van der Waals surface area contributed by atoms with Crippen molar-refractivity contribution in [1.29, 1.82) is 0 Å². The van der Waals surface area contributed by atoms with Crippen LogP contribution in [-0.2, 0) is 9.31 Å². The fourth-order valence-electron chi connectivity index (χ4n) is 2.19. The quantitative estimate of drug-likeness (QED) is 0.709. The third-order valence-electron chi connectivity index (χ3n) is 4.32. The Kier molecular flexibility index (Phi) is 4.91. The molecule has 0 saturated carbocycles. The maximum atomic E-state index is 10.0. The van der Waals surface area contributed by atoms with Crippen LogP contribution in [0.2, 0.25) is 0 Å². The van der Waals surface area contributed by atoms with E-state index in [2.05, 4.69) is 31.9 Å². The first kappa shape index (κ1) is 18.1. The van der Waals surface area contributed by atoms with Crippen LogP contribution >= 0.6 is 31.9 Å². The first-order chi connectivity index (χ1) is 10.0. The predicted molar refractivity (Wildman–Crippen MR) is 93.1 cm³/mol. The smallest absolute Gasteiger partial charge is 0.480 e. The van der Waals surface area contributed by atoms with Crippen LogP contribution in [0.1, 0.15) is 39.2 Å². The predicted octanol–water partition coefficient (Wildman–Crippen LogP) is 3.56. The van der Waals surface area contributed by atoms with E-state index in [0.29, 0.717) is 14.7 Å². The van der Waals surface area contributed by atoms with Crippen LogP contribution in [0.3, 0.4) is 0 Å². The van der Waals surface area contributed by atoms with Gasteiger partial charge in [-0.3, -0.25) is 0 Å². The molecular formula is C14H20BBr2NO4. The zero-order valence-corrected chi connectivity index (χ0v) is 16.4. The molecule has 1 fully saturated rings. The highest BCUT2D eigenvalue weighted by Crippen LogP contribution is 2.46. The molecule has 1 heterocycles. The number of hydrogen-bond acceptors (Lipinski definition) is 5. The molecule has 122 valence electrons. The molecule has 0 aromatic heterocycles. The Morgan fingerprint density at radius 1 is 1.18 bits per heavy atom. The lowest BCUT2D eigenvalue weighted by Gasteiger charge is -2.32. The number of methoxy groups -OCH3 is 1. The molecule has 2 rings (SSSR count). The number of halogens is 2. The molecule has 1 aliphatic rings. The van der Waals surface area contributed by atoms with Crippen LogP contribution in [-0.4, -0.2) is 30.5 Å². The summed E-state index contributed by atoms with van der Waals surface area (Å²) in [4.78, 5) is 0. The molecule has 1 atom stereocenters. The van der Waals surface area contributed by atoms with Crippen molar-refractivity contribution in [3.05, 3.63) is 20.6 Å². The molecule has 0 radical (unpaired) electrons. The largest absolute Gasteiger partial charge is 0.503 e. The third kappa shape index (κ3) is 2.91. The van der Waals surface area contributed by atoms with Gasteiger partial charge in [-0.1, -0.05) is 0 Å². The zero-order valence-electron chi connectivity index (χ0n) is 13.2. The van der Waals surface area contributed by atoms with Crippen molar-refractivity contribution in [3.63, 3.8) is 0 Å². The Hall–Kier alpha value is -0.275. The summed E-state index contributed by atoms with van der Waals surface area (Å²) in [7, 11) is 0.891.